The summed E-state index contributed by atoms with van der Waals surface area (Å²) in [6.45, 7) is 1.09. The minimum Gasteiger partial charge on any atom is -0.337 e. The summed E-state index contributed by atoms with van der Waals surface area (Å²) in [6, 6.07) is 12.4. The maximum absolute atomic E-state index is 14.2. The molecule has 2 heterocycles. The molecular weight excluding hydrogens is 459 g/mol. The number of fused-ring (bicyclic) bond motifs is 1. The van der Waals surface area contributed by atoms with Gasteiger partial charge in [0.05, 0.1) is 11.1 Å². The molecule has 0 atom stereocenters. The van der Waals surface area contributed by atoms with E-state index in [1.165, 1.54) is 50.6 Å². The van der Waals surface area contributed by atoms with Gasteiger partial charge in [0.15, 0.2) is 0 Å². The summed E-state index contributed by atoms with van der Waals surface area (Å²) in [5.41, 5.74) is 0.605. The number of carbonyl (C=O) groups excluding carboxylic acids is 2. The molecule has 4 rings (SSSR count). The molecule has 1 aliphatic rings. The van der Waals surface area contributed by atoms with Gasteiger partial charge < -0.3 is 10.2 Å². The van der Waals surface area contributed by atoms with Crippen LogP contribution in [0.2, 0.25) is 0 Å². The Kier molecular flexibility index (Phi) is 6.54. The maximum Gasteiger partial charge on any atom is 0.307 e. The third-order valence-electron chi connectivity index (χ3n) is 5.71. The molecule has 0 aliphatic carbocycles. The lowest BCUT2D eigenvalue weighted by Crippen LogP contribution is -2.37. The molecule has 2 amide bonds. The van der Waals surface area contributed by atoms with Gasteiger partial charge in [0.2, 0.25) is 0 Å². The van der Waals surface area contributed by atoms with Crippen molar-refractivity contribution in [1.82, 2.24) is 18.5 Å². The smallest absolute Gasteiger partial charge is 0.307 e. The number of aromatic nitrogens is 1. The van der Waals surface area contributed by atoms with E-state index < -0.39 is 27.8 Å². The van der Waals surface area contributed by atoms with Gasteiger partial charge in [-0.25, -0.2) is 8.36 Å². The molecule has 8 nitrogen and oxygen atoms in total. The predicted molar refractivity (Wildman–Crippen MR) is 128 cm³/mol. The fraction of sp³-hybridized carbons (Fsp3) is 0.250. The molecular formula is C24H25FN4O4S. The van der Waals surface area contributed by atoms with E-state index in [0.717, 1.165) is 21.1 Å². The fourth-order valence-corrected chi connectivity index (χ4v) is 4.90. The number of halogens is 1. The van der Waals surface area contributed by atoms with Crippen LogP contribution in [-0.4, -0.2) is 60.6 Å². The van der Waals surface area contributed by atoms with Crippen molar-refractivity contribution in [2.75, 3.05) is 27.2 Å². The van der Waals surface area contributed by atoms with Crippen molar-refractivity contribution < 1.29 is 22.4 Å². The minimum absolute atomic E-state index is 0.0553. The van der Waals surface area contributed by atoms with E-state index in [0.29, 0.717) is 29.6 Å². The lowest BCUT2D eigenvalue weighted by molar-refractivity contribution is -0.126. The second-order valence-corrected chi connectivity index (χ2v) is 10.2. The average Bonchev–Trinajstić information content (AvgIpc) is 3.47. The van der Waals surface area contributed by atoms with Crippen LogP contribution < -0.4 is 5.32 Å². The molecule has 0 radical (unpaired) electrons. The van der Waals surface area contributed by atoms with Crippen LogP contribution in [0.3, 0.4) is 0 Å². The van der Waals surface area contributed by atoms with Gasteiger partial charge in [0.25, 0.3) is 11.8 Å². The second kappa shape index (κ2) is 9.40. The van der Waals surface area contributed by atoms with E-state index in [4.69, 9.17) is 0 Å². The Labute approximate surface area is 197 Å². The van der Waals surface area contributed by atoms with Crippen LogP contribution in [0.5, 0.6) is 0 Å². The van der Waals surface area contributed by atoms with Gasteiger partial charge in [-0.3, -0.25) is 9.59 Å². The summed E-state index contributed by atoms with van der Waals surface area (Å²) in [7, 11) is -0.983. The molecule has 0 unspecified atom stereocenters. The van der Waals surface area contributed by atoms with Crippen molar-refractivity contribution in [1.29, 1.82) is 0 Å². The maximum atomic E-state index is 14.2. The molecule has 178 valence electrons. The summed E-state index contributed by atoms with van der Waals surface area (Å²) in [6.07, 6.45) is 4.55. The van der Waals surface area contributed by atoms with E-state index in [1.807, 2.05) is 0 Å². The van der Waals surface area contributed by atoms with Crippen LogP contribution in [0, 0.1) is 5.82 Å². The number of benzene rings is 2. The zero-order valence-electron chi connectivity index (χ0n) is 18.9. The molecule has 1 fully saturated rings. The van der Waals surface area contributed by atoms with Gasteiger partial charge in [-0.1, -0.05) is 30.3 Å². The first-order valence-corrected chi connectivity index (χ1v) is 12.2. The predicted octanol–water partition coefficient (Wildman–Crippen LogP) is 2.83. The van der Waals surface area contributed by atoms with Crippen molar-refractivity contribution in [3.63, 3.8) is 0 Å². The molecule has 2 aromatic carbocycles. The zero-order valence-corrected chi connectivity index (χ0v) is 19.7. The Morgan fingerprint density at radius 3 is 2.35 bits per heavy atom. The van der Waals surface area contributed by atoms with Gasteiger partial charge in [-0.15, -0.1) is 0 Å². The zero-order chi connectivity index (χ0) is 24.5. The van der Waals surface area contributed by atoms with Gasteiger partial charge >= 0.3 is 10.2 Å². The Hall–Kier alpha value is -3.50. The molecule has 0 bridgehead atoms. The Bertz CT molecular complexity index is 1390. The summed E-state index contributed by atoms with van der Waals surface area (Å²) in [5.74, 6) is -1.88. The Morgan fingerprint density at radius 2 is 1.68 bits per heavy atom. The molecule has 0 spiro atoms. The quantitative estimate of drug-likeness (QED) is 0.545. The third kappa shape index (κ3) is 4.46. The highest BCUT2D eigenvalue weighted by molar-refractivity contribution is 7.87. The number of nitrogens with zero attached hydrogens (tertiary/aromatic N) is 3. The van der Waals surface area contributed by atoms with E-state index in [-0.39, 0.29) is 11.3 Å². The molecule has 1 aliphatic heterocycles. The van der Waals surface area contributed by atoms with Gasteiger partial charge in [-0.05, 0) is 37.1 Å². The first kappa shape index (κ1) is 23.7. The van der Waals surface area contributed by atoms with Gasteiger partial charge in [-0.2, -0.15) is 12.7 Å². The topological polar surface area (TPSA) is 91.7 Å². The van der Waals surface area contributed by atoms with E-state index in [9.17, 15) is 22.4 Å². The summed E-state index contributed by atoms with van der Waals surface area (Å²) in [4.78, 5) is 27.7. The molecule has 1 N–H and O–H groups in total. The fourth-order valence-electron chi connectivity index (χ4n) is 3.89. The Morgan fingerprint density at radius 1 is 1.03 bits per heavy atom. The van der Waals surface area contributed by atoms with Crippen molar-refractivity contribution >= 4 is 39.0 Å². The molecule has 3 aromatic rings. The van der Waals surface area contributed by atoms with Crippen LogP contribution in [-0.2, 0) is 15.0 Å². The van der Waals surface area contributed by atoms with E-state index in [1.54, 1.807) is 29.2 Å². The number of nitrogens with one attached hydrogen (secondary N) is 1. The molecule has 1 aromatic heterocycles. The molecule has 34 heavy (non-hydrogen) atoms. The normalized spacial score (nSPS) is 14.7. The summed E-state index contributed by atoms with van der Waals surface area (Å²) >= 11 is 0. The monoisotopic (exact) mass is 484 g/mol. The Balaban J connectivity index is 1.83. The van der Waals surface area contributed by atoms with Crippen LogP contribution in [0.4, 0.5) is 4.39 Å². The molecule has 0 saturated carbocycles. The van der Waals surface area contributed by atoms with Crippen molar-refractivity contribution in [2.24, 2.45) is 0 Å². The first-order chi connectivity index (χ1) is 16.2. The lowest BCUT2D eigenvalue weighted by atomic mass is 10.1. The number of hydrogen-bond acceptors (Lipinski definition) is 4. The van der Waals surface area contributed by atoms with Crippen molar-refractivity contribution in [3.8, 4) is 0 Å². The van der Waals surface area contributed by atoms with Crippen LogP contribution in [0.1, 0.15) is 28.8 Å². The van der Waals surface area contributed by atoms with Crippen LogP contribution >= 0.6 is 0 Å². The van der Waals surface area contributed by atoms with Crippen molar-refractivity contribution in [2.45, 2.75) is 12.8 Å². The molecule has 1 saturated heterocycles. The number of hydrogen-bond donors (Lipinski definition) is 1. The lowest BCUT2D eigenvalue weighted by Gasteiger charge is -2.18. The largest absolute Gasteiger partial charge is 0.337 e. The summed E-state index contributed by atoms with van der Waals surface area (Å²) < 4.78 is 42.1. The molecule has 10 heteroatoms. The highest BCUT2D eigenvalue weighted by Crippen LogP contribution is 2.26. The van der Waals surface area contributed by atoms with Crippen LogP contribution in [0.15, 0.2) is 60.4 Å². The van der Waals surface area contributed by atoms with Crippen molar-refractivity contribution in [3.05, 3.63) is 77.4 Å². The van der Waals surface area contributed by atoms with Gasteiger partial charge in [0, 0.05) is 44.3 Å². The highest BCUT2D eigenvalue weighted by Gasteiger charge is 2.26. The highest BCUT2D eigenvalue weighted by atomic mass is 32.2. The number of rotatable bonds is 6. The number of amides is 2. The first-order valence-electron chi connectivity index (χ1n) is 10.8. The van der Waals surface area contributed by atoms with E-state index in [2.05, 4.69) is 5.32 Å². The second-order valence-electron chi connectivity index (χ2n) is 8.18. The van der Waals surface area contributed by atoms with Gasteiger partial charge in [0.1, 0.15) is 11.5 Å². The summed E-state index contributed by atoms with van der Waals surface area (Å²) in [5, 5.41) is 3.14. The standard InChI is InChI=1S/C24H25FN4O4S/c1-27(2)34(32,33)29-16-17(18-9-4-6-12-22(18)29)15-21(24(31)28-13-7-8-14-28)26-23(30)19-10-3-5-11-20(19)25/h3-6,9-12,15-16H,7-8,13-14H2,1-2H3,(H,26,30)/b21-15-. The minimum atomic E-state index is -3.84. The number of likely N-dealkylation sites (tertiary alicyclic amines) is 1. The third-order valence-corrected chi connectivity index (χ3v) is 7.43. The SMILES string of the molecule is CN(C)S(=O)(=O)n1cc(/C=C(\NC(=O)c2ccccc2F)C(=O)N2CCCC2)c2ccccc21. The average molecular weight is 485 g/mol. The van der Waals surface area contributed by atoms with E-state index >= 15 is 0 Å². The number of carbonyl (C=O) groups is 2. The van der Waals surface area contributed by atoms with Crippen LogP contribution in [0.25, 0.3) is 17.0 Å². The number of para-hydroxylation sites is 1.